The van der Waals surface area contributed by atoms with E-state index in [0.29, 0.717) is 34.6 Å². The second-order valence-corrected chi connectivity index (χ2v) is 13.8. The summed E-state index contributed by atoms with van der Waals surface area (Å²) in [7, 11) is -0.918. The van der Waals surface area contributed by atoms with Gasteiger partial charge in [-0.1, -0.05) is 61.7 Å². The van der Waals surface area contributed by atoms with Crippen molar-refractivity contribution in [1.29, 1.82) is 0 Å². The zero-order chi connectivity index (χ0) is 33.1. The van der Waals surface area contributed by atoms with Gasteiger partial charge in [0, 0.05) is 37.3 Å². The van der Waals surface area contributed by atoms with E-state index in [1.807, 2.05) is 23.1 Å². The highest BCUT2D eigenvalue weighted by Crippen LogP contribution is 2.41. The first-order valence-corrected chi connectivity index (χ1v) is 17.3. The third kappa shape index (κ3) is 6.59. The van der Waals surface area contributed by atoms with Gasteiger partial charge in [-0.15, -0.1) is 0 Å². The van der Waals surface area contributed by atoms with E-state index in [-0.39, 0.29) is 35.6 Å². The number of aryl methyl sites for hydroxylation is 1. The van der Waals surface area contributed by atoms with Gasteiger partial charge in [-0.3, -0.25) is 19.5 Å². The predicted molar refractivity (Wildman–Crippen MR) is 177 cm³/mol. The number of carbonyl (C=O) groups is 2. The maximum absolute atomic E-state index is 13.8. The van der Waals surface area contributed by atoms with Crippen LogP contribution in [0.4, 0.5) is 11.6 Å². The molecule has 3 aromatic rings. The molecule has 1 N–H and O–H groups in total. The Bertz CT molecular complexity index is 1740. The van der Waals surface area contributed by atoms with E-state index >= 15 is 0 Å². The van der Waals surface area contributed by atoms with Crippen LogP contribution in [0, 0.1) is 13.8 Å². The summed E-state index contributed by atoms with van der Waals surface area (Å²) in [4.78, 5) is 35.5. The number of carbonyl (C=O) groups excluding carboxylic acids is 2. The second kappa shape index (κ2) is 13.8. The molecule has 0 saturated heterocycles. The third-order valence-corrected chi connectivity index (χ3v) is 10.4. The lowest BCUT2D eigenvalue weighted by Crippen LogP contribution is -2.40. The molecule has 1 spiro atoms. The number of nitrogens with one attached hydrogen (secondary N) is 1. The molecule has 0 unspecified atom stereocenters. The molecule has 1 aromatic heterocycles. The maximum atomic E-state index is 13.8. The Morgan fingerprint density at radius 1 is 1.13 bits per heavy atom. The van der Waals surface area contributed by atoms with Crippen LogP contribution in [0.3, 0.4) is 0 Å². The topological polar surface area (TPSA) is 134 Å². The number of rotatable bonds is 13. The zero-order valence-electron chi connectivity index (χ0n) is 27.3. The number of hydrogen-bond donors (Lipinski definition) is 1. The number of unbranched alkanes of at least 4 members (excludes halogenated alkanes) is 1. The molecule has 5 rings (SSSR count). The number of amides is 2. The molecule has 1 fully saturated rings. The van der Waals surface area contributed by atoms with Crippen molar-refractivity contribution in [2.45, 2.75) is 89.1 Å². The molecule has 2 aromatic carbocycles. The Kier molecular flexibility index (Phi) is 9.97. The average molecular weight is 650 g/mol. The molecule has 11 nitrogen and oxygen atoms in total. The molecule has 2 aliphatic rings. The summed E-state index contributed by atoms with van der Waals surface area (Å²) in [5.41, 5.74) is 2.80. The fourth-order valence-corrected chi connectivity index (χ4v) is 7.43. The lowest BCUT2D eigenvalue weighted by Gasteiger charge is -2.25. The van der Waals surface area contributed by atoms with Gasteiger partial charge in [0.05, 0.1) is 35.8 Å². The van der Waals surface area contributed by atoms with Crippen LogP contribution in [0.2, 0.25) is 0 Å². The molecular formula is C34H43N5O6S. The molecule has 1 aliphatic carbocycles. The molecule has 246 valence electrons. The Morgan fingerprint density at radius 2 is 1.87 bits per heavy atom. The number of anilines is 2. The van der Waals surface area contributed by atoms with Crippen LogP contribution >= 0.6 is 0 Å². The van der Waals surface area contributed by atoms with Crippen LogP contribution in [-0.4, -0.2) is 62.4 Å². The normalized spacial score (nSPS) is 15.9. The fraction of sp³-hybridized carbons (Fsp3) is 0.471. The summed E-state index contributed by atoms with van der Waals surface area (Å²) in [6.45, 7) is 6.13. The van der Waals surface area contributed by atoms with E-state index < -0.39 is 15.6 Å². The maximum Gasteiger partial charge on any atom is 0.264 e. The van der Waals surface area contributed by atoms with Crippen LogP contribution in [-0.2, 0) is 30.9 Å². The highest BCUT2D eigenvalue weighted by atomic mass is 32.2. The van der Waals surface area contributed by atoms with E-state index in [4.69, 9.17) is 14.3 Å². The largest absolute Gasteiger partial charge is 0.384 e. The van der Waals surface area contributed by atoms with Gasteiger partial charge in [-0.05, 0) is 50.8 Å². The first-order valence-electron chi connectivity index (χ1n) is 15.9. The number of aliphatic imine (C=N–C) groups is 1. The van der Waals surface area contributed by atoms with Crippen molar-refractivity contribution in [1.82, 2.24) is 10.1 Å². The van der Waals surface area contributed by atoms with Crippen molar-refractivity contribution < 1.29 is 27.3 Å². The molecule has 2 amide bonds. The van der Waals surface area contributed by atoms with E-state index in [1.165, 1.54) is 18.1 Å². The van der Waals surface area contributed by atoms with Gasteiger partial charge in [0.15, 0.2) is 0 Å². The van der Waals surface area contributed by atoms with E-state index in [1.54, 1.807) is 39.1 Å². The lowest BCUT2D eigenvalue weighted by atomic mass is 9.97. The summed E-state index contributed by atoms with van der Waals surface area (Å²) in [5, 5.41) is 3.87. The van der Waals surface area contributed by atoms with Crippen molar-refractivity contribution in [2.75, 3.05) is 30.4 Å². The summed E-state index contributed by atoms with van der Waals surface area (Å²) >= 11 is 0. The summed E-state index contributed by atoms with van der Waals surface area (Å²) in [6, 6.07) is 12.2. The first-order chi connectivity index (χ1) is 22.0. The van der Waals surface area contributed by atoms with E-state index in [0.717, 1.165) is 56.3 Å². The molecule has 0 bridgehead atoms. The lowest BCUT2D eigenvalue weighted by molar-refractivity contribution is -0.131. The number of ether oxygens (including phenoxy) is 1. The van der Waals surface area contributed by atoms with Crippen molar-refractivity contribution in [2.24, 2.45) is 4.99 Å². The number of aromatic nitrogens is 1. The summed E-state index contributed by atoms with van der Waals surface area (Å²) < 4.78 is 40.4. The first kappa shape index (κ1) is 33.3. The highest BCUT2D eigenvalue weighted by molar-refractivity contribution is 7.92. The number of amidine groups is 1. The standard InChI is InChI=1S/C34H43N5O6S/c1-6-7-14-30-35-34(18-10-11-19-34)33(41)39(30)22-25-15-16-26(28(21-25)38(4)31(40)17-20-44-5)27-12-8-9-13-29(27)46(42,43)37-32-23(2)24(3)36-45-32/h8-9,12-13,15-16,21,37H,6-7,10-11,14,17-20,22H2,1-5H3. The molecular weight excluding hydrogens is 606 g/mol. The molecule has 1 aliphatic heterocycles. The SMILES string of the molecule is CCCCC1=NC2(CCCC2)C(=O)N1Cc1ccc(-c2ccccc2S(=O)(=O)Nc2onc(C)c2C)c(N(C)C(=O)CCOC)c1. The number of methoxy groups -OCH3 is 1. The molecule has 46 heavy (non-hydrogen) atoms. The fourth-order valence-electron chi connectivity index (χ4n) is 6.16. The van der Waals surface area contributed by atoms with Gasteiger partial charge in [0.2, 0.25) is 11.8 Å². The Morgan fingerprint density at radius 3 is 2.54 bits per heavy atom. The zero-order valence-corrected chi connectivity index (χ0v) is 28.1. The second-order valence-electron chi connectivity index (χ2n) is 12.1. The number of benzene rings is 2. The smallest absolute Gasteiger partial charge is 0.264 e. The van der Waals surface area contributed by atoms with Crippen molar-refractivity contribution in [3.8, 4) is 11.1 Å². The van der Waals surface area contributed by atoms with Crippen molar-refractivity contribution >= 4 is 39.2 Å². The molecule has 1 saturated carbocycles. The van der Waals surface area contributed by atoms with Crippen molar-refractivity contribution in [3.63, 3.8) is 0 Å². The monoisotopic (exact) mass is 649 g/mol. The van der Waals surface area contributed by atoms with Gasteiger partial charge in [-0.2, -0.15) is 0 Å². The van der Waals surface area contributed by atoms with E-state index in [9.17, 15) is 18.0 Å². The van der Waals surface area contributed by atoms with Gasteiger partial charge in [0.1, 0.15) is 11.4 Å². The minimum atomic E-state index is -4.12. The Labute approximate surface area is 271 Å². The number of sulfonamides is 1. The van der Waals surface area contributed by atoms with Gasteiger partial charge in [-0.25, -0.2) is 13.1 Å². The molecule has 0 radical (unpaired) electrons. The van der Waals surface area contributed by atoms with Gasteiger partial charge >= 0.3 is 0 Å². The van der Waals surface area contributed by atoms with Crippen LogP contribution in [0.1, 0.15) is 75.1 Å². The molecule has 2 heterocycles. The van der Waals surface area contributed by atoms with Gasteiger partial charge < -0.3 is 14.2 Å². The molecule has 0 atom stereocenters. The minimum absolute atomic E-state index is 0.0158. The summed E-state index contributed by atoms with van der Waals surface area (Å²) in [6.07, 6.45) is 6.32. The highest BCUT2D eigenvalue weighted by Gasteiger charge is 2.49. The van der Waals surface area contributed by atoms with E-state index in [2.05, 4.69) is 16.8 Å². The van der Waals surface area contributed by atoms with Crippen molar-refractivity contribution in [3.05, 3.63) is 59.3 Å². The summed E-state index contributed by atoms with van der Waals surface area (Å²) in [5.74, 6) is 0.723. The van der Waals surface area contributed by atoms with Crippen LogP contribution in [0.5, 0.6) is 0 Å². The van der Waals surface area contributed by atoms with Crippen LogP contribution < -0.4 is 9.62 Å². The van der Waals surface area contributed by atoms with Crippen LogP contribution in [0.25, 0.3) is 11.1 Å². The van der Waals surface area contributed by atoms with Crippen LogP contribution in [0.15, 0.2) is 56.9 Å². The van der Waals surface area contributed by atoms with Gasteiger partial charge in [0.25, 0.3) is 15.9 Å². The number of hydrogen-bond acceptors (Lipinski definition) is 8. The molecule has 12 heteroatoms. The number of nitrogens with zero attached hydrogens (tertiary/aromatic N) is 4. The average Bonchev–Trinajstić information content (AvgIpc) is 3.73. The Hall–Kier alpha value is -4.03. The predicted octanol–water partition coefficient (Wildman–Crippen LogP) is 6.00. The third-order valence-electron chi connectivity index (χ3n) is 8.99. The Balaban J connectivity index is 1.55. The quantitative estimate of drug-likeness (QED) is 0.240. The minimum Gasteiger partial charge on any atom is -0.384 e.